The lowest BCUT2D eigenvalue weighted by Gasteiger charge is -2.16. The first-order chi connectivity index (χ1) is 11.4. The van der Waals surface area contributed by atoms with E-state index in [1.807, 2.05) is 6.07 Å². The largest absolute Gasteiger partial charge is 0.471 e. The van der Waals surface area contributed by atoms with E-state index in [1.54, 1.807) is 13.8 Å². The molecule has 2 aromatic heterocycles. The number of rotatable bonds is 4. The number of aryl methyl sites for hydroxylation is 2. The summed E-state index contributed by atoms with van der Waals surface area (Å²) in [5.41, 5.74) is 0.405. The quantitative estimate of drug-likeness (QED) is 0.794. The third kappa shape index (κ3) is 2.83. The van der Waals surface area contributed by atoms with Crippen LogP contribution in [0, 0.1) is 25.2 Å². The highest BCUT2D eigenvalue weighted by atomic mass is 32.2. The Balaban J connectivity index is 1.77. The molecule has 1 aliphatic rings. The van der Waals surface area contributed by atoms with Crippen LogP contribution in [-0.2, 0) is 10.0 Å². The third-order valence-electron chi connectivity index (χ3n) is 3.72. The van der Waals surface area contributed by atoms with Gasteiger partial charge < -0.3 is 9.26 Å². The van der Waals surface area contributed by atoms with E-state index in [2.05, 4.69) is 15.1 Å². The lowest BCUT2D eigenvalue weighted by molar-refractivity contribution is 0.205. The van der Waals surface area contributed by atoms with Crippen molar-refractivity contribution in [2.24, 2.45) is 0 Å². The number of hydrogen-bond donors (Lipinski definition) is 0. The van der Waals surface area contributed by atoms with Gasteiger partial charge in [-0.25, -0.2) is 18.4 Å². The predicted molar refractivity (Wildman–Crippen MR) is 80.5 cm³/mol. The zero-order valence-corrected chi connectivity index (χ0v) is 13.9. The molecule has 24 heavy (non-hydrogen) atoms. The van der Waals surface area contributed by atoms with Crippen LogP contribution in [0.5, 0.6) is 5.88 Å². The van der Waals surface area contributed by atoms with Gasteiger partial charge in [0.05, 0.1) is 6.54 Å². The number of nitrogens with zero attached hydrogens (tertiary/aromatic N) is 5. The fourth-order valence-corrected chi connectivity index (χ4v) is 4.41. The Kier molecular flexibility index (Phi) is 4.21. The van der Waals surface area contributed by atoms with Crippen LogP contribution in [0.15, 0.2) is 21.8 Å². The summed E-state index contributed by atoms with van der Waals surface area (Å²) in [6, 6.07) is 1.90. The maximum atomic E-state index is 12.7. The van der Waals surface area contributed by atoms with E-state index >= 15 is 0 Å². The Hall–Kier alpha value is -2.51. The van der Waals surface area contributed by atoms with Crippen molar-refractivity contribution < 1.29 is 17.7 Å². The number of aromatic nitrogens is 3. The topological polar surface area (TPSA) is 122 Å². The highest BCUT2D eigenvalue weighted by Crippen LogP contribution is 2.27. The molecular weight excluding hydrogens is 334 g/mol. The van der Waals surface area contributed by atoms with Crippen LogP contribution in [0.3, 0.4) is 0 Å². The Bertz CT molecular complexity index is 883. The minimum absolute atomic E-state index is 0.0736. The van der Waals surface area contributed by atoms with E-state index in [-0.39, 0.29) is 28.8 Å². The molecule has 9 nitrogen and oxygen atoms in total. The lowest BCUT2D eigenvalue weighted by atomic mass is 10.3. The summed E-state index contributed by atoms with van der Waals surface area (Å²) in [5.74, 6) is 0.374. The van der Waals surface area contributed by atoms with Crippen molar-refractivity contribution >= 4 is 10.0 Å². The molecule has 0 radical (unpaired) electrons. The molecule has 1 aliphatic heterocycles. The van der Waals surface area contributed by atoms with E-state index in [0.29, 0.717) is 18.7 Å². The first-order valence-electron chi connectivity index (χ1n) is 7.24. The van der Waals surface area contributed by atoms with Crippen LogP contribution in [0.25, 0.3) is 0 Å². The summed E-state index contributed by atoms with van der Waals surface area (Å²) >= 11 is 0. The van der Waals surface area contributed by atoms with Crippen molar-refractivity contribution in [2.45, 2.75) is 31.3 Å². The van der Waals surface area contributed by atoms with Crippen molar-refractivity contribution in [2.75, 3.05) is 13.1 Å². The first-order valence-corrected chi connectivity index (χ1v) is 8.68. The summed E-state index contributed by atoms with van der Waals surface area (Å²) in [6.07, 6.45) is 2.91. The second-order valence-corrected chi connectivity index (χ2v) is 7.24. The summed E-state index contributed by atoms with van der Waals surface area (Å²) in [5, 5.41) is 12.7. The van der Waals surface area contributed by atoms with E-state index in [4.69, 9.17) is 14.5 Å². The maximum absolute atomic E-state index is 12.7. The Labute approximate surface area is 138 Å². The molecule has 0 N–H and O–H groups in total. The average molecular weight is 349 g/mol. The van der Waals surface area contributed by atoms with Gasteiger partial charge in [0.25, 0.3) is 5.88 Å². The highest BCUT2D eigenvalue weighted by molar-refractivity contribution is 7.89. The van der Waals surface area contributed by atoms with E-state index < -0.39 is 16.1 Å². The molecule has 126 valence electrons. The Morgan fingerprint density at radius 2 is 2.12 bits per heavy atom. The van der Waals surface area contributed by atoms with Gasteiger partial charge in [-0.2, -0.15) is 9.57 Å². The predicted octanol–water partition coefficient (Wildman–Crippen LogP) is 0.795. The van der Waals surface area contributed by atoms with E-state index in [0.717, 1.165) is 0 Å². The number of nitriles is 1. The lowest BCUT2D eigenvalue weighted by Crippen LogP contribution is -2.31. The zero-order valence-electron chi connectivity index (χ0n) is 13.1. The summed E-state index contributed by atoms with van der Waals surface area (Å²) in [6.45, 7) is 3.62. The minimum Gasteiger partial charge on any atom is -0.471 e. The summed E-state index contributed by atoms with van der Waals surface area (Å²) in [4.78, 5) is 7.95. The first kappa shape index (κ1) is 16.4. The Morgan fingerprint density at radius 3 is 2.79 bits per heavy atom. The highest BCUT2D eigenvalue weighted by Gasteiger charge is 2.37. The molecular formula is C14H15N5O4S. The molecule has 3 rings (SSSR count). The number of sulfonamides is 1. The van der Waals surface area contributed by atoms with Gasteiger partial charge in [-0.15, -0.1) is 0 Å². The van der Waals surface area contributed by atoms with Gasteiger partial charge in [-0.3, -0.25) is 0 Å². The van der Waals surface area contributed by atoms with Crippen molar-refractivity contribution in [3.8, 4) is 11.9 Å². The molecule has 0 bridgehead atoms. The molecule has 1 saturated heterocycles. The molecule has 0 saturated carbocycles. The van der Waals surface area contributed by atoms with Gasteiger partial charge in [0.1, 0.15) is 22.8 Å². The van der Waals surface area contributed by atoms with Gasteiger partial charge in [-0.1, -0.05) is 5.16 Å². The van der Waals surface area contributed by atoms with Crippen molar-refractivity contribution in [1.82, 2.24) is 19.4 Å². The average Bonchev–Trinajstić information content (AvgIpc) is 3.15. The smallest absolute Gasteiger partial charge is 0.251 e. The van der Waals surface area contributed by atoms with Crippen LogP contribution < -0.4 is 4.74 Å². The SMILES string of the molecule is Cc1noc(C)c1S(=O)(=O)N1CCC(Oc2nccnc2C#N)C1. The molecule has 0 amide bonds. The molecule has 1 atom stereocenters. The maximum Gasteiger partial charge on any atom is 0.251 e. The van der Waals surface area contributed by atoms with Crippen LogP contribution in [0.4, 0.5) is 0 Å². The van der Waals surface area contributed by atoms with Crippen LogP contribution in [0.1, 0.15) is 23.6 Å². The summed E-state index contributed by atoms with van der Waals surface area (Å²) < 4.78 is 37.4. The molecule has 3 heterocycles. The van der Waals surface area contributed by atoms with Gasteiger partial charge in [0.2, 0.25) is 15.7 Å². The fourth-order valence-electron chi connectivity index (χ4n) is 2.63. The zero-order chi connectivity index (χ0) is 17.3. The molecule has 1 fully saturated rings. The molecule has 0 aromatic carbocycles. The summed E-state index contributed by atoms with van der Waals surface area (Å²) in [7, 11) is -3.70. The van der Waals surface area contributed by atoms with Crippen LogP contribution in [0.2, 0.25) is 0 Å². The van der Waals surface area contributed by atoms with Gasteiger partial charge in [0, 0.05) is 18.9 Å². The van der Waals surface area contributed by atoms with Crippen LogP contribution >= 0.6 is 0 Å². The monoisotopic (exact) mass is 349 g/mol. The van der Waals surface area contributed by atoms with Gasteiger partial charge in [0.15, 0.2) is 5.76 Å². The van der Waals surface area contributed by atoms with Gasteiger partial charge in [-0.05, 0) is 20.3 Å². The van der Waals surface area contributed by atoms with Crippen molar-refractivity contribution in [3.05, 3.63) is 29.5 Å². The van der Waals surface area contributed by atoms with Crippen LogP contribution in [-0.4, -0.2) is 47.0 Å². The molecule has 2 aromatic rings. The van der Waals surface area contributed by atoms with E-state index in [9.17, 15) is 8.42 Å². The van der Waals surface area contributed by atoms with Crippen molar-refractivity contribution in [1.29, 1.82) is 5.26 Å². The minimum atomic E-state index is -3.70. The second kappa shape index (κ2) is 6.18. The molecule has 0 aliphatic carbocycles. The number of hydrogen-bond acceptors (Lipinski definition) is 8. The Morgan fingerprint density at radius 1 is 1.38 bits per heavy atom. The van der Waals surface area contributed by atoms with E-state index in [1.165, 1.54) is 16.7 Å². The molecule has 10 heteroatoms. The van der Waals surface area contributed by atoms with Gasteiger partial charge >= 0.3 is 0 Å². The molecule has 0 spiro atoms. The third-order valence-corrected chi connectivity index (χ3v) is 5.83. The normalized spacial score (nSPS) is 18.5. The molecule has 1 unspecified atom stereocenters. The standard InChI is InChI=1S/C14H15N5O4S/c1-9-13(10(2)23-18-9)24(20,21)19-6-3-11(8-19)22-14-12(7-15)16-4-5-17-14/h4-5,11H,3,6,8H2,1-2H3. The number of ether oxygens (including phenoxy) is 1. The van der Waals surface area contributed by atoms with Crippen molar-refractivity contribution in [3.63, 3.8) is 0 Å². The fraction of sp³-hybridized carbons (Fsp3) is 0.429. The second-order valence-electron chi connectivity index (χ2n) is 5.37.